The molecule has 0 aromatic rings. The molecule has 0 fully saturated rings. The van der Waals surface area contributed by atoms with E-state index in [2.05, 4.69) is 20.1 Å². The molecule has 0 aliphatic carbocycles. The molecule has 0 aliphatic heterocycles. The van der Waals surface area contributed by atoms with Crippen LogP contribution in [0.25, 0.3) is 0 Å². The molecule has 0 saturated heterocycles. The summed E-state index contributed by atoms with van der Waals surface area (Å²) in [5, 5.41) is 0. The highest BCUT2D eigenvalue weighted by Gasteiger charge is 1.93. The number of ether oxygens (including phenoxy) is 1. The van der Waals surface area contributed by atoms with Gasteiger partial charge in [-0.15, -0.1) is 0 Å². The summed E-state index contributed by atoms with van der Waals surface area (Å²) in [6, 6.07) is 0. The van der Waals surface area contributed by atoms with Crippen molar-refractivity contribution in [1.29, 1.82) is 0 Å². The second-order valence-corrected chi connectivity index (χ2v) is 2.51. The minimum Gasteiger partial charge on any atom is -0.497 e. The molecule has 0 N–H and O–H groups in total. The van der Waals surface area contributed by atoms with Gasteiger partial charge in [0, 0.05) is 19.3 Å². The molecule has 0 spiro atoms. The van der Waals surface area contributed by atoms with Crippen LogP contribution in [0.5, 0.6) is 0 Å². The predicted octanol–water partition coefficient (Wildman–Crippen LogP) is 2.17. The minimum absolute atomic E-state index is 0.639. The fraction of sp³-hybridized carbons (Fsp3) is 0.400. The topological polar surface area (TPSA) is 12.5 Å². The third-order valence-electron chi connectivity index (χ3n) is 1.69. The van der Waals surface area contributed by atoms with Gasteiger partial charge < -0.3 is 9.64 Å². The van der Waals surface area contributed by atoms with Gasteiger partial charge >= 0.3 is 0 Å². The maximum atomic E-state index is 4.87. The van der Waals surface area contributed by atoms with Crippen molar-refractivity contribution in [2.45, 2.75) is 6.92 Å². The van der Waals surface area contributed by atoms with E-state index in [0.717, 1.165) is 12.2 Å². The van der Waals surface area contributed by atoms with Gasteiger partial charge in [-0.25, -0.2) is 0 Å². The maximum absolute atomic E-state index is 4.87. The number of allylic oxidation sites excluding steroid dienone is 2. The number of nitrogens with zero attached hydrogens (tertiary/aromatic N) is 1. The van der Waals surface area contributed by atoms with Crippen molar-refractivity contribution in [1.82, 2.24) is 4.90 Å². The Morgan fingerprint density at radius 3 is 2.42 bits per heavy atom. The molecule has 0 unspecified atom stereocenters. The normalized spacial score (nSPS) is 9.92. The molecule has 2 nitrogen and oxygen atoms in total. The monoisotopic (exact) mass is 167 g/mol. The Kier molecular flexibility index (Phi) is 4.93. The molecule has 2 heteroatoms. The van der Waals surface area contributed by atoms with Crippen molar-refractivity contribution < 1.29 is 4.74 Å². The highest BCUT2D eigenvalue weighted by Crippen LogP contribution is 2.02. The fourth-order valence-electron chi connectivity index (χ4n) is 0.588. The Hall–Kier alpha value is -1.18. The van der Waals surface area contributed by atoms with Crippen molar-refractivity contribution in [3.8, 4) is 0 Å². The van der Waals surface area contributed by atoms with Crippen LogP contribution >= 0.6 is 0 Å². The van der Waals surface area contributed by atoms with Crippen LogP contribution in [0.4, 0.5) is 0 Å². The lowest BCUT2D eigenvalue weighted by Gasteiger charge is -2.16. The molecule has 0 radical (unpaired) electrons. The summed E-state index contributed by atoms with van der Waals surface area (Å²) in [7, 11) is 3.58. The first kappa shape index (κ1) is 10.8. The second kappa shape index (κ2) is 5.47. The van der Waals surface area contributed by atoms with Gasteiger partial charge in [-0.3, -0.25) is 0 Å². The minimum atomic E-state index is 0.639. The Labute approximate surface area is 74.8 Å². The lowest BCUT2D eigenvalue weighted by molar-refractivity contribution is 0.308. The first-order valence-electron chi connectivity index (χ1n) is 3.92. The van der Waals surface area contributed by atoms with E-state index in [1.165, 1.54) is 0 Å². The summed E-state index contributed by atoms with van der Waals surface area (Å²) >= 11 is 0. The number of hydrogen-bond acceptors (Lipinski definition) is 2. The summed E-state index contributed by atoms with van der Waals surface area (Å²) < 4.78 is 4.87. The smallest absolute Gasteiger partial charge is 0.111 e. The van der Waals surface area contributed by atoms with Crippen LogP contribution in [0, 0.1) is 0 Å². The van der Waals surface area contributed by atoms with Gasteiger partial charge in [0.2, 0.25) is 0 Å². The molecule has 12 heavy (non-hydrogen) atoms. The van der Waals surface area contributed by atoms with E-state index in [9.17, 15) is 0 Å². The molecule has 0 bridgehead atoms. The van der Waals surface area contributed by atoms with Crippen molar-refractivity contribution >= 4 is 0 Å². The summed E-state index contributed by atoms with van der Waals surface area (Å²) in [6.07, 6.45) is 3.68. The Balaban J connectivity index is 3.99. The van der Waals surface area contributed by atoms with Crippen molar-refractivity contribution in [3.05, 3.63) is 36.8 Å². The van der Waals surface area contributed by atoms with Crippen LogP contribution in [0.2, 0.25) is 0 Å². The maximum Gasteiger partial charge on any atom is 0.111 e. The van der Waals surface area contributed by atoms with Crippen LogP contribution in [0.15, 0.2) is 36.8 Å². The average molecular weight is 167 g/mol. The number of methoxy groups -OCH3 is 1. The van der Waals surface area contributed by atoms with E-state index in [1.54, 1.807) is 13.2 Å². The SMILES string of the molecule is C=C(/C=C\C(=C)N(C)CC)OC. The largest absolute Gasteiger partial charge is 0.497 e. The average Bonchev–Trinajstić information content (AvgIpc) is 2.11. The highest BCUT2D eigenvalue weighted by atomic mass is 16.5. The van der Waals surface area contributed by atoms with Gasteiger partial charge in [-0.1, -0.05) is 13.2 Å². The van der Waals surface area contributed by atoms with Gasteiger partial charge in [0.1, 0.15) is 5.76 Å². The fourth-order valence-corrected chi connectivity index (χ4v) is 0.588. The molecule has 0 aliphatic rings. The van der Waals surface area contributed by atoms with Crippen LogP contribution in [0.3, 0.4) is 0 Å². The number of hydrogen-bond donors (Lipinski definition) is 0. The zero-order chi connectivity index (χ0) is 9.56. The van der Waals surface area contributed by atoms with Crippen molar-refractivity contribution in [2.75, 3.05) is 20.7 Å². The van der Waals surface area contributed by atoms with Crippen molar-refractivity contribution in [2.24, 2.45) is 0 Å². The zero-order valence-corrected chi connectivity index (χ0v) is 8.13. The Bertz CT molecular complexity index is 194. The molecule has 0 amide bonds. The van der Waals surface area contributed by atoms with E-state index in [4.69, 9.17) is 4.74 Å². The van der Waals surface area contributed by atoms with E-state index in [-0.39, 0.29) is 0 Å². The van der Waals surface area contributed by atoms with E-state index in [0.29, 0.717) is 5.76 Å². The highest BCUT2D eigenvalue weighted by molar-refractivity contribution is 5.19. The lowest BCUT2D eigenvalue weighted by Crippen LogP contribution is -2.14. The van der Waals surface area contributed by atoms with Crippen LogP contribution in [-0.2, 0) is 4.74 Å². The molecule has 0 heterocycles. The third kappa shape index (κ3) is 3.86. The van der Waals surface area contributed by atoms with Crippen LogP contribution < -0.4 is 0 Å². The Morgan fingerprint density at radius 1 is 1.42 bits per heavy atom. The first-order chi connectivity index (χ1) is 5.61. The van der Waals surface area contributed by atoms with Gasteiger partial charge in [-0.05, 0) is 19.1 Å². The van der Waals surface area contributed by atoms with E-state index < -0.39 is 0 Å². The van der Waals surface area contributed by atoms with Crippen LogP contribution in [0.1, 0.15) is 6.92 Å². The molecular formula is C10H17NO. The van der Waals surface area contributed by atoms with Gasteiger partial charge in [0.05, 0.1) is 7.11 Å². The van der Waals surface area contributed by atoms with Crippen molar-refractivity contribution in [3.63, 3.8) is 0 Å². The second-order valence-electron chi connectivity index (χ2n) is 2.51. The Morgan fingerprint density at radius 2 is 2.00 bits per heavy atom. The standard InChI is InChI=1S/C10H17NO/c1-6-11(4)9(2)7-8-10(3)12-5/h7-8H,2-3,6H2,1,4-5H3/b8-7-. The molecule has 0 atom stereocenters. The quantitative estimate of drug-likeness (QED) is 0.459. The van der Waals surface area contributed by atoms with Gasteiger partial charge in [0.25, 0.3) is 0 Å². The van der Waals surface area contributed by atoms with Gasteiger partial charge in [-0.2, -0.15) is 0 Å². The molecule has 0 rings (SSSR count). The van der Waals surface area contributed by atoms with Crippen LogP contribution in [-0.4, -0.2) is 25.6 Å². The van der Waals surface area contributed by atoms with E-state index >= 15 is 0 Å². The molecule has 0 aromatic heterocycles. The predicted molar refractivity (Wildman–Crippen MR) is 52.7 cm³/mol. The first-order valence-corrected chi connectivity index (χ1v) is 3.92. The molecule has 68 valence electrons. The number of likely N-dealkylation sites (N-methyl/N-ethyl adjacent to an activating group) is 1. The summed E-state index contributed by atoms with van der Waals surface area (Å²) in [5.41, 5.74) is 0.954. The molecular weight excluding hydrogens is 150 g/mol. The lowest BCUT2D eigenvalue weighted by atomic mass is 10.3. The number of rotatable bonds is 5. The van der Waals surface area contributed by atoms with Gasteiger partial charge in [0.15, 0.2) is 0 Å². The third-order valence-corrected chi connectivity index (χ3v) is 1.69. The molecule has 0 saturated carbocycles. The zero-order valence-electron chi connectivity index (χ0n) is 8.13. The van der Waals surface area contributed by atoms with E-state index in [1.807, 2.05) is 18.0 Å². The summed E-state index contributed by atoms with van der Waals surface area (Å²) in [4.78, 5) is 2.04. The summed E-state index contributed by atoms with van der Waals surface area (Å²) in [6.45, 7) is 10.6. The molecule has 0 aromatic carbocycles. The summed E-state index contributed by atoms with van der Waals surface area (Å²) in [5.74, 6) is 0.639.